The molecule has 88 valence electrons. The predicted octanol–water partition coefficient (Wildman–Crippen LogP) is 0.702. The van der Waals surface area contributed by atoms with Gasteiger partial charge in [-0.05, 0) is 6.07 Å². The molecule has 0 aromatic carbocycles. The van der Waals surface area contributed by atoms with Crippen LogP contribution in [0.25, 0.3) is 0 Å². The first kappa shape index (κ1) is 10.9. The van der Waals surface area contributed by atoms with Gasteiger partial charge in [-0.3, -0.25) is 9.67 Å². The molecule has 2 rings (SSSR count). The number of pyridine rings is 1. The Kier molecular flexibility index (Phi) is 2.91. The minimum Gasteiger partial charge on any atom is -0.454 e. The Labute approximate surface area is 97.1 Å². The average Bonchev–Trinajstić information content (AvgIpc) is 2.74. The summed E-state index contributed by atoms with van der Waals surface area (Å²) >= 11 is 0. The molecule has 0 saturated heterocycles. The van der Waals surface area contributed by atoms with E-state index in [0.29, 0.717) is 17.2 Å². The van der Waals surface area contributed by atoms with Gasteiger partial charge in [0, 0.05) is 19.3 Å². The zero-order chi connectivity index (χ0) is 12.3. The lowest BCUT2D eigenvalue weighted by Gasteiger charge is -2.03. The van der Waals surface area contributed by atoms with Gasteiger partial charge in [0.25, 0.3) is 0 Å². The lowest BCUT2D eigenvalue weighted by Crippen LogP contribution is -2.14. The second kappa shape index (κ2) is 4.52. The van der Waals surface area contributed by atoms with E-state index >= 15 is 0 Å². The first-order valence-electron chi connectivity index (χ1n) is 4.79. The summed E-state index contributed by atoms with van der Waals surface area (Å²) in [5.41, 5.74) is 5.77. The van der Waals surface area contributed by atoms with Gasteiger partial charge in [0.15, 0.2) is 11.6 Å². The average molecular weight is 233 g/mol. The topological polar surface area (TPSA) is 98.6 Å². The van der Waals surface area contributed by atoms with Crippen LogP contribution in [0.4, 0.5) is 0 Å². The van der Waals surface area contributed by atoms with Crippen LogP contribution in [0.15, 0.2) is 35.9 Å². The minimum absolute atomic E-state index is 0.0679. The normalized spacial score (nSPS) is 11.5. The Morgan fingerprint density at radius 3 is 3.00 bits per heavy atom. The molecule has 0 amide bonds. The molecule has 2 aromatic rings. The van der Waals surface area contributed by atoms with Crippen LogP contribution in [-0.4, -0.2) is 25.8 Å². The molecule has 0 aliphatic carbocycles. The van der Waals surface area contributed by atoms with Gasteiger partial charge in [0.2, 0.25) is 0 Å². The van der Waals surface area contributed by atoms with E-state index in [9.17, 15) is 0 Å². The zero-order valence-corrected chi connectivity index (χ0v) is 9.11. The molecule has 0 saturated carbocycles. The summed E-state index contributed by atoms with van der Waals surface area (Å²) in [5, 5.41) is 15.4. The predicted molar refractivity (Wildman–Crippen MR) is 60.0 cm³/mol. The van der Waals surface area contributed by atoms with Gasteiger partial charge in [-0.25, -0.2) is 0 Å². The van der Waals surface area contributed by atoms with Crippen LogP contribution in [0.2, 0.25) is 0 Å². The van der Waals surface area contributed by atoms with E-state index in [0.717, 1.165) is 0 Å². The van der Waals surface area contributed by atoms with Crippen LogP contribution in [0.1, 0.15) is 5.69 Å². The van der Waals surface area contributed by atoms with Crippen molar-refractivity contribution in [2.75, 3.05) is 0 Å². The van der Waals surface area contributed by atoms with E-state index in [4.69, 9.17) is 15.7 Å². The Bertz CT molecular complexity index is 549. The molecule has 0 atom stereocenters. The summed E-state index contributed by atoms with van der Waals surface area (Å²) in [4.78, 5) is 3.94. The quantitative estimate of drug-likeness (QED) is 0.352. The molecule has 0 radical (unpaired) electrons. The molecule has 0 fully saturated rings. The van der Waals surface area contributed by atoms with Gasteiger partial charge in [-0.15, -0.1) is 0 Å². The highest BCUT2D eigenvalue weighted by atomic mass is 16.5. The number of nitrogens with two attached hydrogens (primary N) is 1. The van der Waals surface area contributed by atoms with E-state index in [1.54, 1.807) is 36.3 Å². The zero-order valence-electron chi connectivity index (χ0n) is 9.11. The van der Waals surface area contributed by atoms with Crippen molar-refractivity contribution >= 4 is 5.84 Å². The van der Waals surface area contributed by atoms with Crippen molar-refractivity contribution < 1.29 is 9.94 Å². The van der Waals surface area contributed by atoms with Crippen molar-refractivity contribution in [3.05, 3.63) is 36.4 Å². The van der Waals surface area contributed by atoms with Gasteiger partial charge in [-0.2, -0.15) is 5.10 Å². The Morgan fingerprint density at radius 1 is 1.53 bits per heavy atom. The van der Waals surface area contributed by atoms with E-state index in [-0.39, 0.29) is 5.84 Å². The monoisotopic (exact) mass is 233 g/mol. The summed E-state index contributed by atoms with van der Waals surface area (Å²) in [7, 11) is 1.79. The van der Waals surface area contributed by atoms with Gasteiger partial charge in [0.1, 0.15) is 11.4 Å². The lowest BCUT2D eigenvalue weighted by molar-refractivity contribution is 0.318. The maximum atomic E-state index is 8.54. The maximum absolute atomic E-state index is 8.54. The van der Waals surface area contributed by atoms with Crippen LogP contribution in [0.3, 0.4) is 0 Å². The fraction of sp³-hybridized carbons (Fsp3) is 0.100. The Hall–Kier alpha value is -2.57. The third-order valence-electron chi connectivity index (χ3n) is 2.02. The number of hydrogen-bond donors (Lipinski definition) is 2. The smallest absolute Gasteiger partial charge is 0.188 e. The fourth-order valence-corrected chi connectivity index (χ4v) is 1.25. The van der Waals surface area contributed by atoms with Gasteiger partial charge in [-0.1, -0.05) is 5.16 Å². The summed E-state index contributed by atoms with van der Waals surface area (Å²) in [5.74, 6) is 1.07. The standard InChI is InChI=1S/C10H11N5O2/c1-15-6-8(5-13-15)17-7-2-3-12-9(4-7)10(11)14-16/h2-6,16H,1H3,(H2,11,14). The minimum atomic E-state index is -0.0679. The second-order valence-electron chi connectivity index (χ2n) is 3.31. The number of aryl methyl sites for hydroxylation is 1. The van der Waals surface area contributed by atoms with Crippen LogP contribution >= 0.6 is 0 Å². The van der Waals surface area contributed by atoms with E-state index in [2.05, 4.69) is 15.2 Å². The molecular weight excluding hydrogens is 222 g/mol. The van der Waals surface area contributed by atoms with E-state index in [1.165, 1.54) is 6.20 Å². The molecule has 7 nitrogen and oxygen atoms in total. The molecule has 2 heterocycles. The van der Waals surface area contributed by atoms with E-state index < -0.39 is 0 Å². The van der Waals surface area contributed by atoms with Crippen LogP contribution in [0.5, 0.6) is 11.5 Å². The molecule has 3 N–H and O–H groups in total. The summed E-state index contributed by atoms with van der Waals surface area (Å²) in [6.07, 6.45) is 4.83. The van der Waals surface area contributed by atoms with Gasteiger partial charge in [0.05, 0.1) is 12.4 Å². The number of aromatic nitrogens is 3. The molecule has 0 aliphatic heterocycles. The van der Waals surface area contributed by atoms with Crippen LogP contribution in [-0.2, 0) is 7.05 Å². The molecule has 7 heteroatoms. The van der Waals surface area contributed by atoms with Gasteiger partial charge >= 0.3 is 0 Å². The third kappa shape index (κ3) is 2.51. The summed E-state index contributed by atoms with van der Waals surface area (Å²) in [6, 6.07) is 3.24. The Morgan fingerprint density at radius 2 is 2.35 bits per heavy atom. The molecule has 0 spiro atoms. The molecule has 0 aliphatic rings. The van der Waals surface area contributed by atoms with Crippen molar-refractivity contribution in [1.82, 2.24) is 14.8 Å². The van der Waals surface area contributed by atoms with Crippen LogP contribution < -0.4 is 10.5 Å². The molecule has 0 unspecified atom stereocenters. The van der Waals surface area contributed by atoms with Crippen molar-refractivity contribution in [1.29, 1.82) is 0 Å². The van der Waals surface area contributed by atoms with Crippen molar-refractivity contribution in [2.24, 2.45) is 17.9 Å². The highest BCUT2D eigenvalue weighted by Crippen LogP contribution is 2.20. The molecule has 17 heavy (non-hydrogen) atoms. The van der Waals surface area contributed by atoms with Crippen molar-refractivity contribution in [3.8, 4) is 11.5 Å². The van der Waals surface area contributed by atoms with Crippen molar-refractivity contribution in [3.63, 3.8) is 0 Å². The Balaban J connectivity index is 2.22. The maximum Gasteiger partial charge on any atom is 0.188 e. The highest BCUT2D eigenvalue weighted by molar-refractivity contribution is 5.95. The number of nitrogens with zero attached hydrogens (tertiary/aromatic N) is 4. The summed E-state index contributed by atoms with van der Waals surface area (Å²) in [6.45, 7) is 0. The lowest BCUT2D eigenvalue weighted by atomic mass is 10.3. The van der Waals surface area contributed by atoms with Crippen molar-refractivity contribution in [2.45, 2.75) is 0 Å². The number of hydrogen-bond acceptors (Lipinski definition) is 5. The second-order valence-corrected chi connectivity index (χ2v) is 3.31. The fourth-order valence-electron chi connectivity index (χ4n) is 1.25. The number of rotatable bonds is 3. The number of oxime groups is 1. The molecule has 2 aromatic heterocycles. The highest BCUT2D eigenvalue weighted by Gasteiger charge is 2.04. The number of amidine groups is 1. The summed E-state index contributed by atoms with van der Waals surface area (Å²) < 4.78 is 7.14. The first-order valence-corrected chi connectivity index (χ1v) is 4.79. The van der Waals surface area contributed by atoms with Crippen LogP contribution in [0, 0.1) is 0 Å². The SMILES string of the molecule is Cn1cc(Oc2ccnc(/C(N)=N/O)c2)cn1. The number of ether oxygens (including phenoxy) is 1. The molecule has 0 bridgehead atoms. The largest absolute Gasteiger partial charge is 0.454 e. The van der Waals surface area contributed by atoms with Gasteiger partial charge < -0.3 is 15.7 Å². The third-order valence-corrected chi connectivity index (χ3v) is 2.02. The van der Waals surface area contributed by atoms with E-state index in [1.807, 2.05) is 0 Å². The molecular formula is C10H11N5O2. The first-order chi connectivity index (χ1) is 8.19.